The number of nitrogens with one attached hydrogen (secondary N) is 1. The van der Waals surface area contributed by atoms with Crippen LogP contribution in [0.4, 0.5) is 0 Å². The van der Waals surface area contributed by atoms with Crippen molar-refractivity contribution in [3.63, 3.8) is 0 Å². The molecule has 2 aromatic carbocycles. The Morgan fingerprint density at radius 2 is 1.85 bits per heavy atom. The van der Waals surface area contributed by atoms with Crippen LogP contribution >= 0.6 is 11.6 Å². The topological polar surface area (TPSA) is 21.3 Å². The van der Waals surface area contributed by atoms with Gasteiger partial charge in [0.05, 0.1) is 12.6 Å². The van der Waals surface area contributed by atoms with Crippen LogP contribution in [0.15, 0.2) is 42.5 Å². The van der Waals surface area contributed by atoms with Crippen LogP contribution in [0.1, 0.15) is 29.7 Å². The molecule has 106 valence electrons. The molecule has 1 atom stereocenters. The fourth-order valence-corrected chi connectivity index (χ4v) is 2.55. The number of aryl methyl sites for hydroxylation is 1. The van der Waals surface area contributed by atoms with Crippen LogP contribution in [0.5, 0.6) is 5.75 Å². The van der Waals surface area contributed by atoms with Crippen molar-refractivity contribution in [1.29, 1.82) is 0 Å². The number of ether oxygens (including phenoxy) is 1. The molecule has 0 aliphatic rings. The molecule has 2 nitrogen and oxygen atoms in total. The Labute approximate surface area is 125 Å². The van der Waals surface area contributed by atoms with E-state index in [0.717, 1.165) is 21.9 Å². The molecule has 0 aliphatic carbocycles. The van der Waals surface area contributed by atoms with E-state index in [1.54, 1.807) is 0 Å². The molecule has 3 heteroatoms. The Bertz CT molecular complexity index is 566. The fourth-order valence-electron chi connectivity index (χ4n) is 2.32. The lowest BCUT2D eigenvalue weighted by Crippen LogP contribution is -2.18. The second-order valence-electron chi connectivity index (χ2n) is 4.70. The molecule has 0 heterocycles. The van der Waals surface area contributed by atoms with Gasteiger partial charge in [-0.15, -0.1) is 0 Å². The Morgan fingerprint density at radius 3 is 2.45 bits per heavy atom. The first kappa shape index (κ1) is 14.9. The molecule has 0 amide bonds. The predicted octanol–water partition coefficient (Wildman–Crippen LogP) is 4.36. The van der Waals surface area contributed by atoms with Crippen molar-refractivity contribution in [1.82, 2.24) is 5.32 Å². The maximum Gasteiger partial charge on any atom is 0.119 e. The molecule has 0 spiro atoms. The summed E-state index contributed by atoms with van der Waals surface area (Å²) in [6.45, 7) is 4.69. The lowest BCUT2D eigenvalue weighted by atomic mass is 9.97. The van der Waals surface area contributed by atoms with Crippen molar-refractivity contribution in [2.75, 3.05) is 13.7 Å². The molecule has 0 radical (unpaired) electrons. The van der Waals surface area contributed by atoms with Gasteiger partial charge in [0.15, 0.2) is 0 Å². The Kier molecular flexibility index (Phi) is 5.05. The Morgan fingerprint density at radius 1 is 1.15 bits per heavy atom. The summed E-state index contributed by atoms with van der Waals surface area (Å²) in [5.41, 5.74) is 3.36. The predicted molar refractivity (Wildman–Crippen MR) is 84.7 cm³/mol. The minimum absolute atomic E-state index is 0.0816. The molecule has 0 saturated heterocycles. The molecule has 0 aromatic heterocycles. The van der Waals surface area contributed by atoms with Gasteiger partial charge in [-0.2, -0.15) is 0 Å². The van der Waals surface area contributed by atoms with Crippen LogP contribution in [-0.4, -0.2) is 13.7 Å². The van der Waals surface area contributed by atoms with Gasteiger partial charge < -0.3 is 10.1 Å². The van der Waals surface area contributed by atoms with Crippen molar-refractivity contribution in [2.24, 2.45) is 0 Å². The summed E-state index contributed by atoms with van der Waals surface area (Å²) in [4.78, 5) is 0. The molecule has 20 heavy (non-hydrogen) atoms. The van der Waals surface area contributed by atoms with Crippen molar-refractivity contribution in [2.45, 2.75) is 19.9 Å². The van der Waals surface area contributed by atoms with Crippen molar-refractivity contribution < 1.29 is 4.74 Å². The smallest absolute Gasteiger partial charge is 0.119 e. The van der Waals surface area contributed by atoms with Gasteiger partial charge in [0, 0.05) is 5.02 Å². The summed E-state index contributed by atoms with van der Waals surface area (Å²) in [6.07, 6.45) is 0. The van der Waals surface area contributed by atoms with E-state index >= 15 is 0 Å². The van der Waals surface area contributed by atoms with E-state index < -0.39 is 0 Å². The third-order valence-corrected chi connectivity index (χ3v) is 3.86. The highest BCUT2D eigenvalue weighted by molar-refractivity contribution is 6.32. The van der Waals surface area contributed by atoms with Gasteiger partial charge in [-0.05, 0) is 49.7 Å². The third kappa shape index (κ3) is 3.14. The summed E-state index contributed by atoms with van der Waals surface area (Å²) < 4.78 is 5.48. The van der Waals surface area contributed by atoms with Gasteiger partial charge >= 0.3 is 0 Å². The number of rotatable bonds is 5. The molecule has 1 unspecified atom stereocenters. The molecule has 0 saturated carbocycles. The molecule has 1 N–H and O–H groups in total. The van der Waals surface area contributed by atoms with Gasteiger partial charge in [0.2, 0.25) is 0 Å². The summed E-state index contributed by atoms with van der Waals surface area (Å²) in [5.74, 6) is 0.890. The van der Waals surface area contributed by atoms with Crippen LogP contribution in [0, 0.1) is 6.92 Å². The summed E-state index contributed by atoms with van der Waals surface area (Å²) in [7, 11) is 1.94. The van der Waals surface area contributed by atoms with Crippen molar-refractivity contribution in [3.8, 4) is 5.75 Å². The number of benzene rings is 2. The molecule has 2 aromatic rings. The first-order chi connectivity index (χ1) is 9.67. The molecule has 0 fully saturated rings. The number of hydrogen-bond donors (Lipinski definition) is 1. The van der Waals surface area contributed by atoms with Gasteiger partial charge in [-0.3, -0.25) is 0 Å². The first-order valence-electron chi connectivity index (χ1n) is 6.82. The second-order valence-corrected chi connectivity index (χ2v) is 5.08. The molecule has 2 rings (SSSR count). The summed E-state index contributed by atoms with van der Waals surface area (Å²) in [5, 5.41) is 4.15. The Balaban J connectivity index is 2.34. The monoisotopic (exact) mass is 289 g/mol. The highest BCUT2D eigenvalue weighted by atomic mass is 35.5. The molecule has 0 bridgehead atoms. The first-order valence-corrected chi connectivity index (χ1v) is 7.20. The summed E-state index contributed by atoms with van der Waals surface area (Å²) in [6, 6.07) is 14.3. The molecule has 0 aliphatic heterocycles. The SMILES string of the molecule is CCOc1ccc(C(NC)c2cccc(C)c2Cl)cc1. The van der Waals surface area contributed by atoms with E-state index in [9.17, 15) is 0 Å². The van der Waals surface area contributed by atoms with Crippen LogP contribution < -0.4 is 10.1 Å². The lowest BCUT2D eigenvalue weighted by Gasteiger charge is -2.20. The molecular weight excluding hydrogens is 270 g/mol. The average molecular weight is 290 g/mol. The lowest BCUT2D eigenvalue weighted by molar-refractivity contribution is 0.340. The van der Waals surface area contributed by atoms with E-state index in [0.29, 0.717) is 6.61 Å². The normalized spacial score (nSPS) is 12.2. The zero-order valence-corrected chi connectivity index (χ0v) is 12.9. The van der Waals surface area contributed by atoms with Gasteiger partial charge in [-0.25, -0.2) is 0 Å². The van der Waals surface area contributed by atoms with Crippen LogP contribution in [0.25, 0.3) is 0 Å². The average Bonchev–Trinajstić information content (AvgIpc) is 2.46. The highest BCUT2D eigenvalue weighted by Crippen LogP contribution is 2.31. The second kappa shape index (κ2) is 6.78. The summed E-state index contributed by atoms with van der Waals surface area (Å²) >= 11 is 6.43. The van der Waals surface area contributed by atoms with E-state index in [1.807, 2.05) is 45.2 Å². The fraction of sp³-hybridized carbons (Fsp3) is 0.294. The van der Waals surface area contributed by atoms with E-state index in [-0.39, 0.29) is 6.04 Å². The third-order valence-electron chi connectivity index (χ3n) is 3.35. The number of halogens is 1. The minimum Gasteiger partial charge on any atom is -0.494 e. The van der Waals surface area contributed by atoms with Crippen LogP contribution in [0.3, 0.4) is 0 Å². The number of hydrogen-bond acceptors (Lipinski definition) is 2. The van der Waals surface area contributed by atoms with E-state index in [4.69, 9.17) is 16.3 Å². The van der Waals surface area contributed by atoms with Gasteiger partial charge in [0.1, 0.15) is 5.75 Å². The maximum absolute atomic E-state index is 6.43. The minimum atomic E-state index is 0.0816. The van der Waals surface area contributed by atoms with E-state index in [1.165, 1.54) is 5.56 Å². The molecular formula is C17H20ClNO. The van der Waals surface area contributed by atoms with E-state index in [2.05, 4.69) is 23.5 Å². The zero-order valence-electron chi connectivity index (χ0n) is 12.1. The highest BCUT2D eigenvalue weighted by Gasteiger charge is 2.16. The van der Waals surface area contributed by atoms with Crippen LogP contribution in [0.2, 0.25) is 5.02 Å². The van der Waals surface area contributed by atoms with Gasteiger partial charge in [-0.1, -0.05) is 41.9 Å². The quantitative estimate of drug-likeness (QED) is 0.883. The largest absolute Gasteiger partial charge is 0.494 e. The zero-order chi connectivity index (χ0) is 14.5. The maximum atomic E-state index is 6.43. The standard InChI is InChI=1S/C17H20ClNO/c1-4-20-14-10-8-13(9-11-14)17(19-3)15-7-5-6-12(2)16(15)18/h5-11,17,19H,4H2,1-3H3. The van der Waals surface area contributed by atoms with Crippen molar-refractivity contribution in [3.05, 3.63) is 64.2 Å². The van der Waals surface area contributed by atoms with Crippen molar-refractivity contribution >= 4 is 11.6 Å². The Hall–Kier alpha value is -1.51. The van der Waals surface area contributed by atoms with Crippen LogP contribution in [-0.2, 0) is 0 Å². The van der Waals surface area contributed by atoms with Gasteiger partial charge in [0.25, 0.3) is 0 Å².